The van der Waals surface area contributed by atoms with Gasteiger partial charge in [0.05, 0.1) is 6.07 Å². The molecule has 0 bridgehead atoms. The summed E-state index contributed by atoms with van der Waals surface area (Å²) in [7, 11) is 0. The Balaban J connectivity index is 1.31. The molecule has 32 rings (SSSR count). The van der Waals surface area contributed by atoms with Crippen LogP contribution in [0.1, 0.15) is 34.6 Å². The van der Waals surface area contributed by atoms with E-state index in [2.05, 4.69) is 6.07 Å². The molecule has 0 radical (unpaired) electrons. The zero-order chi connectivity index (χ0) is 37.0. The highest BCUT2D eigenvalue weighted by Crippen LogP contribution is 2.83. The third-order valence-corrected chi connectivity index (χ3v) is 23.6. The van der Waals surface area contributed by atoms with Crippen LogP contribution < -0.4 is 0 Å². The van der Waals surface area contributed by atoms with E-state index in [4.69, 9.17) is 0 Å². The molecule has 4 aliphatic rings. The first kappa shape index (κ1) is 22.2. The van der Waals surface area contributed by atoms with Crippen LogP contribution in [0.4, 0.5) is 0 Å². The molecule has 28 aromatic carbocycles. The van der Waals surface area contributed by atoms with E-state index >= 15 is 0 Å². The molecule has 0 N–H and O–H groups in total. The summed E-state index contributed by atoms with van der Waals surface area (Å²) in [5.41, 5.74) is 6.11. The molecule has 0 heterocycles. The zero-order valence-electron chi connectivity index (χ0n) is 31.7. The number of benzene rings is 18. The molecule has 0 aliphatic heterocycles. The van der Waals surface area contributed by atoms with E-state index in [1.807, 2.05) is 0 Å². The quantitative estimate of drug-likeness (QED) is 0.153. The minimum atomic E-state index is -0.403. The van der Waals surface area contributed by atoms with Gasteiger partial charge in [0.25, 0.3) is 0 Å². The van der Waals surface area contributed by atoms with Crippen molar-refractivity contribution >= 4 is 291 Å². The molecule has 0 saturated heterocycles. The Labute approximate surface area is 340 Å². The van der Waals surface area contributed by atoms with Crippen molar-refractivity contribution in [1.29, 1.82) is 5.26 Å². The van der Waals surface area contributed by atoms with Crippen LogP contribution in [0.2, 0.25) is 0 Å². The first-order valence-electron chi connectivity index (χ1n) is 23.5. The minimum absolute atomic E-state index is 0.169. The Kier molecular flexibility index (Phi) is 1.70. The van der Waals surface area contributed by atoms with E-state index in [1.165, 1.54) is 0 Å². The Morgan fingerprint density at radius 3 is 0.556 bits per heavy atom. The lowest BCUT2D eigenvalue weighted by atomic mass is 9.56. The number of rotatable bonds is 1. The summed E-state index contributed by atoms with van der Waals surface area (Å²) in [5.74, 6) is 0.169. The van der Waals surface area contributed by atoms with Crippen LogP contribution in [-0.2, 0) is 5.41 Å². The molecule has 1 nitrogen and oxygen atoms in total. The van der Waals surface area contributed by atoms with E-state index in [0.717, 1.165) is 0 Å². The van der Waals surface area contributed by atoms with Gasteiger partial charge in [0, 0.05) is 17.8 Å². The second kappa shape index (κ2) is 4.83. The molecule has 1 heteroatoms. The fraction of sp³-hybridized carbons (Fsp3) is 0.0484. The van der Waals surface area contributed by atoms with Gasteiger partial charge in [0.2, 0.25) is 0 Å². The Morgan fingerprint density at radius 2 is 0.365 bits per heavy atom. The van der Waals surface area contributed by atoms with E-state index < -0.39 is 5.41 Å². The molecule has 256 valence electrons. The maximum Gasteiger partial charge on any atom is 0.0635 e. The van der Waals surface area contributed by atoms with E-state index in [9.17, 15) is 5.26 Å². The maximum atomic E-state index is 11.7. The van der Waals surface area contributed by atoms with Gasteiger partial charge in [0.15, 0.2) is 0 Å². The number of nitriles is 1. The molecular weight excluding hydrogens is 759 g/mol. The predicted octanol–water partition coefficient (Wildman–Crippen LogP) is 17.1. The highest BCUT2D eigenvalue weighted by Gasteiger charge is 2.63. The van der Waals surface area contributed by atoms with Crippen molar-refractivity contribution in [1.82, 2.24) is 0 Å². The molecule has 63 heavy (non-hydrogen) atoms. The predicted molar refractivity (Wildman–Crippen MR) is 265 cm³/mol. The summed E-state index contributed by atoms with van der Waals surface area (Å²) in [6.45, 7) is 0. The second-order valence-electron chi connectivity index (χ2n) is 23.6. The summed E-state index contributed by atoms with van der Waals surface area (Å²) in [4.78, 5) is 0. The van der Waals surface area contributed by atoms with Gasteiger partial charge >= 0.3 is 0 Å². The average molecular weight is 762 g/mol. The Hall–Kier alpha value is -8.05. The largest absolute Gasteiger partial charge is 0.198 e. The van der Waals surface area contributed by atoms with Crippen molar-refractivity contribution in [2.45, 2.75) is 17.8 Å². The molecule has 4 aliphatic carbocycles. The SMILES string of the molecule is N#CCC12c3c4c5c6c7c8c(c9c%10c1c1c3c3c%11c4c4c5c5c7c7c%12c8c8c9c9c%10c%10c1c1c3c3c%11c%11c4c4c5c7c5c7c%12c8c8c9c9c%10c1c1c3c3c%11c4c5c4c7c8c9c1c34)C62. The fourth-order valence-corrected chi connectivity index (χ4v) is 23.8. The maximum absolute atomic E-state index is 11.7. The van der Waals surface area contributed by atoms with Gasteiger partial charge in [-0.25, -0.2) is 0 Å². The van der Waals surface area contributed by atoms with Crippen LogP contribution in [0, 0.1) is 11.3 Å². The highest BCUT2D eigenvalue weighted by molar-refractivity contribution is 6.82. The van der Waals surface area contributed by atoms with Crippen LogP contribution in [0.15, 0.2) is 0 Å². The molecule has 0 spiro atoms. The topological polar surface area (TPSA) is 23.8 Å². The van der Waals surface area contributed by atoms with Crippen LogP contribution in [-0.4, -0.2) is 0 Å². The Bertz CT molecular complexity index is 6750. The monoisotopic (exact) mass is 761 g/mol. The van der Waals surface area contributed by atoms with E-state index in [0.29, 0.717) is 6.42 Å². The molecular formula is C62H3N. The third-order valence-electron chi connectivity index (χ3n) is 23.6. The van der Waals surface area contributed by atoms with Gasteiger partial charge in [-0.1, -0.05) is 0 Å². The molecule has 0 aromatic heterocycles. The number of hydrogen-bond donors (Lipinski definition) is 0. The highest BCUT2D eigenvalue weighted by atomic mass is 14.6. The normalized spacial score (nSPS) is 21.6. The smallest absolute Gasteiger partial charge is 0.0635 e. The fourth-order valence-electron chi connectivity index (χ4n) is 23.8. The van der Waals surface area contributed by atoms with Crippen molar-refractivity contribution in [3.8, 4) is 6.07 Å². The molecule has 0 unspecified atom stereocenters. The van der Waals surface area contributed by atoms with Crippen molar-refractivity contribution < 1.29 is 0 Å². The third kappa shape index (κ3) is 1.11. The summed E-state index contributed by atoms with van der Waals surface area (Å²) in [6.07, 6.45) is 0.549. The van der Waals surface area contributed by atoms with Crippen molar-refractivity contribution in [2.75, 3.05) is 0 Å². The summed E-state index contributed by atoms with van der Waals surface area (Å²) < 4.78 is 0. The summed E-state index contributed by atoms with van der Waals surface area (Å²) in [6, 6.07) is 3.07. The van der Waals surface area contributed by atoms with Crippen LogP contribution in [0.3, 0.4) is 0 Å². The lowest BCUT2D eigenvalue weighted by molar-refractivity contribution is 0.486. The van der Waals surface area contributed by atoms with E-state index in [1.54, 1.807) is 313 Å². The number of hydrogen-bond acceptors (Lipinski definition) is 1. The summed E-state index contributed by atoms with van der Waals surface area (Å²) in [5, 5.41) is 99.4. The van der Waals surface area contributed by atoms with Gasteiger partial charge < -0.3 is 0 Å². The van der Waals surface area contributed by atoms with Gasteiger partial charge in [0.1, 0.15) is 0 Å². The lowest BCUT2D eigenvalue weighted by Crippen LogP contribution is -2.36. The lowest BCUT2D eigenvalue weighted by Gasteiger charge is -2.44. The first-order valence-corrected chi connectivity index (χ1v) is 23.5. The van der Waals surface area contributed by atoms with Crippen molar-refractivity contribution in [3.63, 3.8) is 0 Å². The molecule has 0 fully saturated rings. The molecule has 0 saturated carbocycles. The first-order chi connectivity index (χ1) is 31.4. The Morgan fingerprint density at radius 1 is 0.222 bits per heavy atom. The van der Waals surface area contributed by atoms with Gasteiger partial charge in [-0.15, -0.1) is 0 Å². The molecule has 0 atom stereocenters. The molecule has 0 amide bonds. The van der Waals surface area contributed by atoms with Crippen LogP contribution >= 0.6 is 0 Å². The van der Waals surface area contributed by atoms with Gasteiger partial charge in [-0.05, 0) is 313 Å². The summed E-state index contributed by atoms with van der Waals surface area (Å²) >= 11 is 0. The number of nitrogens with zero attached hydrogens (tertiary/aromatic N) is 1. The van der Waals surface area contributed by atoms with Crippen molar-refractivity contribution in [3.05, 3.63) is 22.3 Å². The van der Waals surface area contributed by atoms with Gasteiger partial charge in [-0.2, -0.15) is 5.26 Å². The zero-order valence-corrected chi connectivity index (χ0v) is 31.7. The standard InChI is InChI=1S/C62H3N/c63-2-1-62-59-55-49-35-27-19-7-4-3-5-8(7)20-22-18-12(5)14-10-6(3)9-13-11(4)17-21(19)33(35)41-39-25(17)23(13)31-29-15(9)16(10)30-32-24(14)26(18)40-42-34(22)36(28(20)27)50(49)56(59)52(42)54-46(40)44(32)48-38(30)37(29)47-43(31)45(39)53(51(41)55)60(62)57(47)58(48)61(54)62/h59H,1H2. The molecule has 28 aromatic rings. The van der Waals surface area contributed by atoms with Crippen LogP contribution in [0.25, 0.3) is 291 Å². The van der Waals surface area contributed by atoms with Crippen LogP contribution in [0.5, 0.6) is 0 Å². The van der Waals surface area contributed by atoms with E-state index in [-0.39, 0.29) is 5.92 Å². The van der Waals surface area contributed by atoms with Gasteiger partial charge in [-0.3, -0.25) is 0 Å². The second-order valence-corrected chi connectivity index (χ2v) is 23.6. The average Bonchev–Trinajstić information content (AvgIpc) is 4.13. The van der Waals surface area contributed by atoms with Crippen molar-refractivity contribution in [2.24, 2.45) is 0 Å². The minimum Gasteiger partial charge on any atom is -0.198 e.